The number of hydrogen-bond acceptors (Lipinski definition) is 6. The van der Waals surface area contributed by atoms with Gasteiger partial charge in [-0.05, 0) is 18.9 Å². The van der Waals surface area contributed by atoms with Crippen molar-refractivity contribution in [2.75, 3.05) is 12.8 Å². The quantitative estimate of drug-likeness (QED) is 0.618. The SMILES string of the molecule is CS(=O)(=O)[C@H]1C(=O)C(=O)N(CCCC(=O)[O-])[C@H]1c1ccccc1F. The number of halogens is 1. The van der Waals surface area contributed by atoms with E-state index in [0.29, 0.717) is 0 Å². The van der Waals surface area contributed by atoms with Gasteiger partial charge in [-0.25, -0.2) is 12.8 Å². The standard InChI is InChI=1S/C15H16FNO6S/c1-24(22,23)14-12(9-5-2-3-6-10(9)16)17(15(21)13(14)20)8-4-7-11(18)19/h2-3,5-6,12,14H,4,7-8H2,1H3,(H,18,19)/p-1/t12-,14+/m0/s1. The van der Waals surface area contributed by atoms with E-state index in [1.165, 1.54) is 18.2 Å². The molecule has 9 heteroatoms. The lowest BCUT2D eigenvalue weighted by molar-refractivity contribution is -0.305. The molecule has 1 saturated heterocycles. The van der Waals surface area contributed by atoms with Gasteiger partial charge in [0.1, 0.15) is 5.82 Å². The first kappa shape index (κ1) is 18.1. The Kier molecular flexibility index (Phi) is 5.02. The molecule has 1 fully saturated rings. The number of carboxylic acid groups (broad SMARTS) is 1. The highest BCUT2D eigenvalue weighted by Gasteiger charge is 2.53. The number of Topliss-reactive ketones (excluding diaryl/α,β-unsaturated/α-hetero) is 1. The molecule has 7 nitrogen and oxygen atoms in total. The van der Waals surface area contributed by atoms with Crippen LogP contribution < -0.4 is 5.11 Å². The molecule has 24 heavy (non-hydrogen) atoms. The molecule has 0 N–H and O–H groups in total. The van der Waals surface area contributed by atoms with Gasteiger partial charge in [0.2, 0.25) is 5.78 Å². The summed E-state index contributed by atoms with van der Waals surface area (Å²) in [6.45, 7) is -0.191. The first-order chi connectivity index (χ1) is 11.1. The van der Waals surface area contributed by atoms with E-state index in [4.69, 9.17) is 0 Å². The van der Waals surface area contributed by atoms with E-state index in [1.54, 1.807) is 0 Å². The molecular formula is C15H15FNO6S-. The number of amides is 1. The lowest BCUT2D eigenvalue weighted by Gasteiger charge is -2.27. The minimum atomic E-state index is -3.98. The van der Waals surface area contributed by atoms with Crippen molar-refractivity contribution in [3.8, 4) is 0 Å². The molecule has 0 radical (unpaired) electrons. The van der Waals surface area contributed by atoms with Gasteiger partial charge in [0.25, 0.3) is 5.91 Å². The maximum atomic E-state index is 14.1. The van der Waals surface area contributed by atoms with E-state index in [1.807, 2.05) is 0 Å². The van der Waals surface area contributed by atoms with E-state index in [0.717, 1.165) is 17.2 Å². The van der Waals surface area contributed by atoms with Crippen molar-refractivity contribution in [1.82, 2.24) is 4.90 Å². The number of hydrogen-bond donors (Lipinski definition) is 0. The molecule has 1 heterocycles. The molecule has 0 aromatic heterocycles. The zero-order chi connectivity index (χ0) is 18.1. The largest absolute Gasteiger partial charge is 0.550 e. The lowest BCUT2D eigenvalue weighted by Crippen LogP contribution is -2.35. The molecule has 0 bridgehead atoms. The van der Waals surface area contributed by atoms with E-state index < -0.39 is 44.6 Å². The summed E-state index contributed by atoms with van der Waals surface area (Å²) in [7, 11) is -3.98. The Morgan fingerprint density at radius 1 is 1.29 bits per heavy atom. The van der Waals surface area contributed by atoms with E-state index in [2.05, 4.69) is 0 Å². The molecule has 2 atom stereocenters. The molecule has 0 aliphatic carbocycles. The Morgan fingerprint density at radius 2 is 1.92 bits per heavy atom. The Balaban J connectivity index is 2.47. The molecule has 1 aromatic rings. The highest BCUT2D eigenvalue weighted by Crippen LogP contribution is 2.36. The number of rotatable bonds is 6. The molecule has 0 spiro atoms. The van der Waals surface area contributed by atoms with Gasteiger partial charge in [0.05, 0.1) is 6.04 Å². The molecule has 1 aromatic carbocycles. The second-order valence-corrected chi connectivity index (χ2v) is 7.72. The van der Waals surface area contributed by atoms with Gasteiger partial charge >= 0.3 is 0 Å². The third-order valence-electron chi connectivity index (χ3n) is 3.82. The number of aliphatic carboxylic acids is 1. The third-order valence-corrected chi connectivity index (χ3v) is 5.21. The highest BCUT2D eigenvalue weighted by atomic mass is 32.2. The van der Waals surface area contributed by atoms with Crippen molar-refractivity contribution in [1.29, 1.82) is 0 Å². The van der Waals surface area contributed by atoms with Crippen LogP contribution in [-0.4, -0.2) is 49.0 Å². The zero-order valence-electron chi connectivity index (χ0n) is 12.8. The minimum Gasteiger partial charge on any atom is -0.550 e. The minimum absolute atomic E-state index is 0.0389. The molecular weight excluding hydrogens is 341 g/mol. The Hall–Kier alpha value is -2.29. The molecule has 1 aliphatic rings. The first-order valence-electron chi connectivity index (χ1n) is 7.12. The monoisotopic (exact) mass is 356 g/mol. The Bertz CT molecular complexity index is 791. The molecule has 130 valence electrons. The topological polar surface area (TPSA) is 112 Å². The smallest absolute Gasteiger partial charge is 0.292 e. The number of sulfone groups is 1. The van der Waals surface area contributed by atoms with Crippen LogP contribution in [0.25, 0.3) is 0 Å². The van der Waals surface area contributed by atoms with Crippen LogP contribution in [0, 0.1) is 5.82 Å². The molecule has 1 aliphatic heterocycles. The van der Waals surface area contributed by atoms with Crippen LogP contribution in [0.5, 0.6) is 0 Å². The maximum absolute atomic E-state index is 14.1. The average Bonchev–Trinajstić information content (AvgIpc) is 2.72. The fraction of sp³-hybridized carbons (Fsp3) is 0.400. The zero-order valence-corrected chi connectivity index (χ0v) is 13.6. The predicted octanol–water partition coefficient (Wildman–Crippen LogP) is -0.779. The van der Waals surface area contributed by atoms with Crippen molar-refractivity contribution in [2.24, 2.45) is 0 Å². The summed E-state index contributed by atoms with van der Waals surface area (Å²) in [6.07, 6.45) is 0.398. The van der Waals surface area contributed by atoms with Crippen LogP contribution in [0.1, 0.15) is 24.4 Å². The number of carboxylic acids is 1. The van der Waals surface area contributed by atoms with Gasteiger partial charge in [0, 0.05) is 24.3 Å². The second kappa shape index (κ2) is 6.68. The van der Waals surface area contributed by atoms with Crippen LogP contribution in [0.15, 0.2) is 24.3 Å². The number of ketones is 1. The summed E-state index contributed by atoms with van der Waals surface area (Å²) in [5.74, 6) is -4.28. The number of likely N-dealkylation sites (tertiary alicyclic amines) is 1. The van der Waals surface area contributed by atoms with Gasteiger partial charge in [0.15, 0.2) is 15.1 Å². The first-order valence-corrected chi connectivity index (χ1v) is 9.08. The van der Waals surface area contributed by atoms with E-state index in [9.17, 15) is 32.3 Å². The summed E-state index contributed by atoms with van der Waals surface area (Å²) in [5, 5.41) is 8.79. The lowest BCUT2D eigenvalue weighted by atomic mass is 10.0. The van der Waals surface area contributed by atoms with Crippen molar-refractivity contribution < 1.29 is 32.3 Å². The molecule has 0 saturated carbocycles. The normalized spacial score (nSPS) is 21.3. The van der Waals surface area contributed by atoms with Crippen LogP contribution >= 0.6 is 0 Å². The van der Waals surface area contributed by atoms with Crippen LogP contribution in [0.2, 0.25) is 0 Å². The fourth-order valence-electron chi connectivity index (χ4n) is 2.81. The fourth-order valence-corrected chi connectivity index (χ4v) is 4.06. The third kappa shape index (κ3) is 3.45. The molecule has 2 rings (SSSR count). The maximum Gasteiger partial charge on any atom is 0.292 e. The highest BCUT2D eigenvalue weighted by molar-refractivity contribution is 7.92. The Labute approximate surface area is 138 Å². The molecule has 0 unspecified atom stereocenters. The van der Waals surface area contributed by atoms with Crippen molar-refractivity contribution in [3.63, 3.8) is 0 Å². The van der Waals surface area contributed by atoms with Gasteiger partial charge in [-0.3, -0.25) is 9.59 Å². The summed E-state index contributed by atoms with van der Waals surface area (Å²) >= 11 is 0. The Morgan fingerprint density at radius 3 is 2.46 bits per heavy atom. The van der Waals surface area contributed by atoms with Crippen molar-refractivity contribution >= 4 is 27.5 Å². The summed E-state index contributed by atoms with van der Waals surface area (Å²) in [5.41, 5.74) is -0.0967. The number of carbonyl (C=O) groups excluding carboxylic acids is 3. The second-order valence-electron chi connectivity index (χ2n) is 5.55. The van der Waals surface area contributed by atoms with Gasteiger partial charge in [-0.15, -0.1) is 0 Å². The van der Waals surface area contributed by atoms with Gasteiger partial charge in [-0.1, -0.05) is 18.2 Å². The van der Waals surface area contributed by atoms with Crippen molar-refractivity contribution in [3.05, 3.63) is 35.6 Å². The van der Waals surface area contributed by atoms with Crippen LogP contribution in [-0.2, 0) is 24.2 Å². The number of carbonyl (C=O) groups is 3. The number of benzene rings is 1. The summed E-state index contributed by atoms with van der Waals surface area (Å²) in [6, 6.07) is 3.94. The van der Waals surface area contributed by atoms with E-state index >= 15 is 0 Å². The van der Waals surface area contributed by atoms with E-state index in [-0.39, 0.29) is 24.9 Å². The summed E-state index contributed by atoms with van der Waals surface area (Å²) < 4.78 is 38.1. The van der Waals surface area contributed by atoms with Gasteiger partial charge in [-0.2, -0.15) is 0 Å². The predicted molar refractivity (Wildman–Crippen MR) is 78.7 cm³/mol. The van der Waals surface area contributed by atoms with Crippen molar-refractivity contribution in [2.45, 2.75) is 24.1 Å². The molecule has 1 amide bonds. The van der Waals surface area contributed by atoms with Crippen LogP contribution in [0.3, 0.4) is 0 Å². The number of nitrogens with zero attached hydrogens (tertiary/aromatic N) is 1. The van der Waals surface area contributed by atoms with Crippen LogP contribution in [0.4, 0.5) is 4.39 Å². The van der Waals surface area contributed by atoms with Gasteiger partial charge < -0.3 is 14.8 Å². The average molecular weight is 356 g/mol. The summed E-state index contributed by atoms with van der Waals surface area (Å²) in [4.78, 5) is 35.7.